The fourth-order valence-electron chi connectivity index (χ4n) is 4.06. The summed E-state index contributed by atoms with van der Waals surface area (Å²) in [6.07, 6.45) is 4.35. The van der Waals surface area contributed by atoms with E-state index >= 15 is 0 Å². The minimum atomic E-state index is -0.650. The van der Waals surface area contributed by atoms with E-state index < -0.39 is 11.9 Å². The third-order valence-electron chi connectivity index (χ3n) is 5.17. The number of anilines is 1. The summed E-state index contributed by atoms with van der Waals surface area (Å²) < 4.78 is 5.01. The topological polar surface area (TPSA) is 98.5 Å². The van der Waals surface area contributed by atoms with E-state index in [1.807, 2.05) is 0 Å². The van der Waals surface area contributed by atoms with Crippen LogP contribution in [0.2, 0.25) is 0 Å². The lowest BCUT2D eigenvalue weighted by Gasteiger charge is -2.20. The Morgan fingerprint density at radius 2 is 2.04 bits per heavy atom. The molecule has 1 heterocycles. The Morgan fingerprint density at radius 1 is 1.29 bits per heavy atom. The maximum absolute atomic E-state index is 12.6. The van der Waals surface area contributed by atoms with Crippen LogP contribution in [0.15, 0.2) is 0 Å². The van der Waals surface area contributed by atoms with Gasteiger partial charge in [-0.2, -0.15) is 0 Å². The van der Waals surface area contributed by atoms with Crippen LogP contribution in [0.4, 0.5) is 5.00 Å². The molecule has 1 aromatic heterocycles. The molecule has 0 radical (unpaired) electrons. The lowest BCUT2D eigenvalue weighted by atomic mass is 9.88. The molecule has 2 aliphatic rings. The molecule has 1 aromatic rings. The highest BCUT2D eigenvalue weighted by molar-refractivity contribution is 7.18. The smallest absolute Gasteiger partial charge is 0.348 e. The van der Waals surface area contributed by atoms with E-state index in [1.165, 1.54) is 6.42 Å². The first-order valence-corrected chi connectivity index (χ1v) is 9.15. The minimum absolute atomic E-state index is 0.00192. The molecule has 3 rings (SSSR count). The van der Waals surface area contributed by atoms with Crippen LogP contribution in [0, 0.1) is 24.7 Å². The van der Waals surface area contributed by atoms with Crippen molar-refractivity contribution in [2.45, 2.75) is 39.5 Å². The molecular formula is C17H22N2O4S. The molecule has 2 fully saturated rings. The summed E-state index contributed by atoms with van der Waals surface area (Å²) in [5, 5.41) is 3.21. The number of rotatable bonds is 5. The van der Waals surface area contributed by atoms with Crippen LogP contribution in [0.5, 0.6) is 0 Å². The Kier molecular flexibility index (Phi) is 4.62. The number of esters is 1. The van der Waals surface area contributed by atoms with E-state index in [1.54, 1.807) is 13.8 Å². The maximum atomic E-state index is 12.6. The summed E-state index contributed by atoms with van der Waals surface area (Å²) in [6.45, 7) is 3.61. The number of primary amides is 1. The summed E-state index contributed by atoms with van der Waals surface area (Å²) in [7, 11) is 0. The summed E-state index contributed by atoms with van der Waals surface area (Å²) in [6, 6.07) is 0. The number of carbonyl (C=O) groups excluding carboxylic acids is 3. The maximum Gasteiger partial charge on any atom is 0.348 e. The van der Waals surface area contributed by atoms with Crippen molar-refractivity contribution in [3.63, 3.8) is 0 Å². The van der Waals surface area contributed by atoms with Gasteiger partial charge >= 0.3 is 5.97 Å². The second kappa shape index (κ2) is 6.55. The first-order valence-electron chi connectivity index (χ1n) is 8.33. The number of nitrogens with one attached hydrogen (secondary N) is 1. The lowest BCUT2D eigenvalue weighted by Crippen LogP contribution is -2.27. The summed E-state index contributed by atoms with van der Waals surface area (Å²) >= 11 is 1.06. The number of hydrogen-bond acceptors (Lipinski definition) is 5. The van der Waals surface area contributed by atoms with Gasteiger partial charge in [-0.1, -0.05) is 6.42 Å². The molecule has 2 bridgehead atoms. The third-order valence-corrected chi connectivity index (χ3v) is 6.35. The summed E-state index contributed by atoms with van der Waals surface area (Å²) in [5.74, 6) is -0.121. The van der Waals surface area contributed by atoms with Crippen LogP contribution in [0.25, 0.3) is 0 Å². The van der Waals surface area contributed by atoms with Crippen LogP contribution >= 0.6 is 11.3 Å². The average molecular weight is 350 g/mol. The number of hydrogen-bond donors (Lipinski definition) is 2. The van der Waals surface area contributed by atoms with E-state index in [0.717, 1.165) is 30.6 Å². The van der Waals surface area contributed by atoms with E-state index in [2.05, 4.69) is 5.32 Å². The Balaban J connectivity index is 1.84. The largest absolute Gasteiger partial charge is 0.462 e. The SMILES string of the molecule is CCOC(=O)c1sc(NC(=O)[C@H]2C[C@H]3CC[C@H]2C3)c(C(N)=O)c1C. The van der Waals surface area contributed by atoms with E-state index in [9.17, 15) is 14.4 Å². The molecule has 3 N–H and O–H groups in total. The number of nitrogens with two attached hydrogens (primary N) is 1. The quantitative estimate of drug-likeness (QED) is 0.798. The normalized spacial score (nSPS) is 24.8. The van der Waals surface area contributed by atoms with Crippen molar-refractivity contribution < 1.29 is 19.1 Å². The fraction of sp³-hybridized carbons (Fsp3) is 0.588. The van der Waals surface area contributed by atoms with Crippen LogP contribution in [0.1, 0.15) is 58.2 Å². The number of ether oxygens (including phenoxy) is 1. The molecule has 2 saturated carbocycles. The van der Waals surface area contributed by atoms with Crippen LogP contribution in [0.3, 0.4) is 0 Å². The predicted molar refractivity (Wildman–Crippen MR) is 91.1 cm³/mol. The van der Waals surface area contributed by atoms with Gasteiger partial charge in [0.25, 0.3) is 5.91 Å². The van der Waals surface area contributed by atoms with Crippen molar-refractivity contribution in [2.24, 2.45) is 23.5 Å². The molecule has 130 valence electrons. The van der Waals surface area contributed by atoms with Gasteiger partial charge in [-0.3, -0.25) is 9.59 Å². The second-order valence-corrected chi connectivity index (χ2v) is 7.64. The van der Waals surface area contributed by atoms with Crippen molar-refractivity contribution in [3.05, 3.63) is 16.0 Å². The van der Waals surface area contributed by atoms with Gasteiger partial charge in [-0.05, 0) is 50.5 Å². The van der Waals surface area contributed by atoms with Gasteiger partial charge in [0.15, 0.2) is 0 Å². The lowest BCUT2D eigenvalue weighted by molar-refractivity contribution is -0.121. The molecule has 2 amide bonds. The minimum Gasteiger partial charge on any atom is -0.462 e. The van der Waals surface area contributed by atoms with Gasteiger partial charge < -0.3 is 15.8 Å². The predicted octanol–water partition coefficient (Wildman–Crippen LogP) is 2.71. The van der Waals surface area contributed by atoms with Crippen molar-refractivity contribution in [1.29, 1.82) is 0 Å². The molecule has 6 nitrogen and oxygen atoms in total. The molecule has 0 aromatic carbocycles. The molecule has 2 aliphatic carbocycles. The first kappa shape index (κ1) is 17.0. The number of fused-ring (bicyclic) bond motifs is 2. The Bertz CT molecular complexity index is 697. The number of thiophene rings is 1. The zero-order valence-electron chi connectivity index (χ0n) is 13.9. The van der Waals surface area contributed by atoms with Crippen molar-refractivity contribution in [2.75, 3.05) is 11.9 Å². The molecule has 24 heavy (non-hydrogen) atoms. The standard InChI is InChI=1S/C17H22N2O4S/c1-3-23-17(22)13-8(2)12(14(18)20)16(24-13)19-15(21)11-7-9-4-5-10(11)6-9/h9-11H,3-7H2,1-2H3,(H2,18,20)(H,19,21)/t9-,10-,11-/m0/s1. The average Bonchev–Trinajstić information content (AvgIpc) is 3.21. The van der Waals surface area contributed by atoms with E-state index in [-0.39, 0.29) is 24.0 Å². The zero-order chi connectivity index (χ0) is 17.4. The highest BCUT2D eigenvalue weighted by atomic mass is 32.1. The fourth-order valence-corrected chi connectivity index (χ4v) is 5.17. The number of carbonyl (C=O) groups is 3. The number of amides is 2. The van der Waals surface area contributed by atoms with Gasteiger partial charge in [0, 0.05) is 5.92 Å². The van der Waals surface area contributed by atoms with Crippen molar-refractivity contribution in [1.82, 2.24) is 0 Å². The molecular weight excluding hydrogens is 328 g/mol. The van der Waals surface area contributed by atoms with Crippen LogP contribution in [-0.4, -0.2) is 24.4 Å². The van der Waals surface area contributed by atoms with Gasteiger partial charge in [-0.25, -0.2) is 4.79 Å². The Morgan fingerprint density at radius 3 is 2.58 bits per heavy atom. The molecule has 3 atom stereocenters. The monoisotopic (exact) mass is 350 g/mol. The van der Waals surface area contributed by atoms with Gasteiger partial charge in [-0.15, -0.1) is 11.3 Å². The summed E-state index contributed by atoms with van der Waals surface area (Å²) in [4.78, 5) is 36.8. The van der Waals surface area contributed by atoms with E-state index in [4.69, 9.17) is 10.5 Å². The summed E-state index contributed by atoms with van der Waals surface area (Å²) in [5.41, 5.74) is 6.13. The second-order valence-electron chi connectivity index (χ2n) is 6.62. The van der Waals surface area contributed by atoms with E-state index in [0.29, 0.717) is 27.3 Å². The molecule has 0 saturated heterocycles. The molecule has 7 heteroatoms. The molecule has 0 aliphatic heterocycles. The van der Waals surface area contributed by atoms with Crippen molar-refractivity contribution in [3.8, 4) is 0 Å². The van der Waals surface area contributed by atoms with Gasteiger partial charge in [0.1, 0.15) is 9.88 Å². The first-order chi connectivity index (χ1) is 11.4. The van der Waals surface area contributed by atoms with Crippen LogP contribution in [-0.2, 0) is 9.53 Å². The van der Waals surface area contributed by atoms with Crippen molar-refractivity contribution >= 4 is 34.1 Å². The Labute approximate surface area is 144 Å². The van der Waals surface area contributed by atoms with Gasteiger partial charge in [0.05, 0.1) is 12.2 Å². The third kappa shape index (κ3) is 2.92. The van der Waals surface area contributed by atoms with Crippen LogP contribution < -0.4 is 11.1 Å². The highest BCUT2D eigenvalue weighted by Crippen LogP contribution is 2.49. The highest BCUT2D eigenvalue weighted by Gasteiger charge is 2.43. The van der Waals surface area contributed by atoms with Gasteiger partial charge in [0.2, 0.25) is 5.91 Å². The molecule has 0 unspecified atom stereocenters. The Hall–Kier alpha value is -1.89. The molecule has 0 spiro atoms. The zero-order valence-corrected chi connectivity index (χ0v) is 14.7.